The number of aromatic nitrogens is 2. The standard InChI is InChI=1S/C20H31N3O2/c1-2-21-23(3-1)16-19-11-17-10-18(12-19)14-20(13-17,15-19)25-9-6-22-4-7-24-8-5-22/h1-3,17-18H,4-16H2. The van der Waals surface area contributed by atoms with Gasteiger partial charge in [0.2, 0.25) is 0 Å². The van der Waals surface area contributed by atoms with Crippen molar-refractivity contribution >= 4 is 0 Å². The van der Waals surface area contributed by atoms with E-state index in [1.165, 1.54) is 38.5 Å². The van der Waals surface area contributed by atoms with Crippen LogP contribution in [0.4, 0.5) is 0 Å². The van der Waals surface area contributed by atoms with Gasteiger partial charge in [-0.15, -0.1) is 0 Å². The fourth-order valence-corrected chi connectivity index (χ4v) is 6.67. The Balaban J connectivity index is 1.25. The predicted molar refractivity (Wildman–Crippen MR) is 95.3 cm³/mol. The third kappa shape index (κ3) is 3.26. The lowest BCUT2D eigenvalue weighted by Crippen LogP contribution is -2.58. The monoisotopic (exact) mass is 345 g/mol. The molecule has 0 radical (unpaired) electrons. The van der Waals surface area contributed by atoms with E-state index in [4.69, 9.17) is 9.47 Å². The Kier molecular flexibility index (Phi) is 4.14. The SMILES string of the molecule is c1cnn(CC23CC4CC(C2)CC(OCCN2CCOCC2)(C4)C3)c1. The first-order chi connectivity index (χ1) is 12.2. The second-order valence-corrected chi connectivity index (χ2v) is 9.15. The third-order valence-electron chi connectivity index (χ3n) is 7.10. The summed E-state index contributed by atoms with van der Waals surface area (Å²) in [5.74, 6) is 1.75. The van der Waals surface area contributed by atoms with Crippen LogP contribution in [-0.4, -0.2) is 59.7 Å². The first kappa shape index (κ1) is 16.3. The molecule has 1 saturated heterocycles. The van der Waals surface area contributed by atoms with Crippen LogP contribution < -0.4 is 0 Å². The van der Waals surface area contributed by atoms with Gasteiger partial charge in [0.25, 0.3) is 0 Å². The summed E-state index contributed by atoms with van der Waals surface area (Å²) in [5, 5.41) is 4.50. The number of hydrogen-bond donors (Lipinski definition) is 0. The lowest BCUT2D eigenvalue weighted by Gasteiger charge is -2.61. The number of hydrogen-bond acceptors (Lipinski definition) is 4. The molecular weight excluding hydrogens is 314 g/mol. The first-order valence-electron chi connectivity index (χ1n) is 10.1. The van der Waals surface area contributed by atoms with Crippen molar-refractivity contribution in [3.05, 3.63) is 18.5 Å². The molecule has 2 atom stereocenters. The van der Waals surface area contributed by atoms with Crippen LogP contribution in [0.1, 0.15) is 38.5 Å². The molecule has 4 aliphatic carbocycles. The summed E-state index contributed by atoms with van der Waals surface area (Å²) in [5.41, 5.74) is 0.582. The topological polar surface area (TPSA) is 39.5 Å². The molecule has 0 spiro atoms. The molecule has 5 heteroatoms. The van der Waals surface area contributed by atoms with E-state index < -0.39 is 0 Å². The molecule has 1 aliphatic heterocycles. The Morgan fingerprint density at radius 1 is 1.12 bits per heavy atom. The number of morpholine rings is 1. The molecular formula is C20H31N3O2. The first-order valence-corrected chi connectivity index (χ1v) is 10.1. The molecule has 5 aliphatic rings. The Hall–Kier alpha value is -0.910. The minimum atomic E-state index is 0.156. The van der Waals surface area contributed by atoms with Crippen LogP contribution in [-0.2, 0) is 16.0 Å². The molecule has 5 fully saturated rings. The molecule has 2 unspecified atom stereocenters. The van der Waals surface area contributed by atoms with Crippen molar-refractivity contribution in [3.8, 4) is 0 Å². The highest BCUT2D eigenvalue weighted by atomic mass is 16.5. The van der Waals surface area contributed by atoms with Crippen LogP contribution in [0.15, 0.2) is 18.5 Å². The number of ether oxygens (including phenoxy) is 2. The Morgan fingerprint density at radius 2 is 1.92 bits per heavy atom. The van der Waals surface area contributed by atoms with E-state index >= 15 is 0 Å². The average Bonchev–Trinajstić information content (AvgIpc) is 3.06. The van der Waals surface area contributed by atoms with Gasteiger partial charge in [-0.2, -0.15) is 5.10 Å². The molecule has 0 amide bonds. The molecule has 1 aromatic rings. The highest BCUT2D eigenvalue weighted by molar-refractivity contribution is 5.09. The van der Waals surface area contributed by atoms with E-state index in [1.807, 2.05) is 6.20 Å². The van der Waals surface area contributed by atoms with Crippen molar-refractivity contribution in [2.45, 2.75) is 50.7 Å². The van der Waals surface area contributed by atoms with Crippen LogP contribution in [0.25, 0.3) is 0 Å². The van der Waals surface area contributed by atoms with Crippen molar-refractivity contribution < 1.29 is 9.47 Å². The van der Waals surface area contributed by atoms with Gasteiger partial charge in [0.15, 0.2) is 0 Å². The largest absolute Gasteiger partial charge is 0.379 e. The smallest absolute Gasteiger partial charge is 0.0694 e. The van der Waals surface area contributed by atoms with Gasteiger partial charge in [0.05, 0.1) is 25.4 Å². The van der Waals surface area contributed by atoms with E-state index in [1.54, 1.807) is 0 Å². The minimum Gasteiger partial charge on any atom is -0.379 e. The summed E-state index contributed by atoms with van der Waals surface area (Å²) < 4.78 is 14.3. The minimum absolute atomic E-state index is 0.156. The molecule has 6 rings (SSSR count). The highest BCUT2D eigenvalue weighted by Gasteiger charge is 2.58. The van der Waals surface area contributed by atoms with Crippen LogP contribution in [0, 0.1) is 17.3 Å². The van der Waals surface area contributed by atoms with Crippen molar-refractivity contribution in [3.63, 3.8) is 0 Å². The van der Waals surface area contributed by atoms with Gasteiger partial charge in [-0.25, -0.2) is 0 Å². The van der Waals surface area contributed by atoms with Gasteiger partial charge in [-0.1, -0.05) is 0 Å². The number of nitrogens with zero attached hydrogens (tertiary/aromatic N) is 3. The van der Waals surface area contributed by atoms with Crippen LogP contribution in [0.3, 0.4) is 0 Å². The van der Waals surface area contributed by atoms with Crippen molar-refractivity contribution in [1.82, 2.24) is 14.7 Å². The van der Waals surface area contributed by atoms with E-state index in [9.17, 15) is 0 Å². The quantitative estimate of drug-likeness (QED) is 0.794. The van der Waals surface area contributed by atoms with Crippen molar-refractivity contribution in [2.75, 3.05) is 39.5 Å². The molecule has 4 bridgehead atoms. The Labute approximate surface area is 150 Å². The summed E-state index contributed by atoms with van der Waals surface area (Å²) in [4.78, 5) is 2.49. The van der Waals surface area contributed by atoms with Gasteiger partial charge in [0.1, 0.15) is 0 Å². The molecule has 4 saturated carbocycles. The highest BCUT2D eigenvalue weighted by Crippen LogP contribution is 2.63. The Morgan fingerprint density at radius 3 is 2.64 bits per heavy atom. The van der Waals surface area contributed by atoms with Gasteiger partial charge in [-0.05, 0) is 61.8 Å². The zero-order valence-electron chi connectivity index (χ0n) is 15.2. The lowest BCUT2D eigenvalue weighted by molar-refractivity contribution is -0.198. The fraction of sp³-hybridized carbons (Fsp3) is 0.850. The zero-order valence-corrected chi connectivity index (χ0v) is 15.2. The molecule has 2 heterocycles. The van der Waals surface area contributed by atoms with Crippen LogP contribution in [0.5, 0.6) is 0 Å². The van der Waals surface area contributed by atoms with Crippen LogP contribution in [0.2, 0.25) is 0 Å². The van der Waals surface area contributed by atoms with Crippen molar-refractivity contribution in [2.24, 2.45) is 17.3 Å². The Bertz CT molecular complexity index is 568. The van der Waals surface area contributed by atoms with Crippen LogP contribution >= 0.6 is 0 Å². The maximum absolute atomic E-state index is 6.68. The van der Waals surface area contributed by atoms with E-state index in [0.717, 1.165) is 57.8 Å². The molecule has 1 aromatic heterocycles. The fourth-order valence-electron chi connectivity index (χ4n) is 6.67. The predicted octanol–water partition coefficient (Wildman–Crippen LogP) is 2.57. The normalized spacial score (nSPS) is 40.6. The van der Waals surface area contributed by atoms with Gasteiger partial charge in [-0.3, -0.25) is 9.58 Å². The summed E-state index contributed by atoms with van der Waals surface area (Å²) in [6.07, 6.45) is 12.1. The maximum atomic E-state index is 6.68. The summed E-state index contributed by atoms with van der Waals surface area (Å²) >= 11 is 0. The average molecular weight is 345 g/mol. The van der Waals surface area contributed by atoms with Gasteiger partial charge in [0, 0.05) is 38.6 Å². The van der Waals surface area contributed by atoms with Gasteiger partial charge >= 0.3 is 0 Å². The second kappa shape index (κ2) is 6.36. The zero-order chi connectivity index (χ0) is 16.7. The lowest BCUT2D eigenvalue weighted by atomic mass is 9.48. The van der Waals surface area contributed by atoms with Crippen molar-refractivity contribution in [1.29, 1.82) is 0 Å². The third-order valence-corrected chi connectivity index (χ3v) is 7.10. The molecule has 0 N–H and O–H groups in total. The second-order valence-electron chi connectivity index (χ2n) is 9.15. The molecule has 138 valence electrons. The van der Waals surface area contributed by atoms with E-state index in [-0.39, 0.29) is 5.60 Å². The van der Waals surface area contributed by atoms with E-state index in [0.29, 0.717) is 5.41 Å². The van der Waals surface area contributed by atoms with Gasteiger partial charge < -0.3 is 9.47 Å². The maximum Gasteiger partial charge on any atom is 0.0694 e. The molecule has 25 heavy (non-hydrogen) atoms. The summed E-state index contributed by atoms with van der Waals surface area (Å²) in [7, 11) is 0. The molecule has 0 aromatic carbocycles. The molecule has 5 nitrogen and oxygen atoms in total. The number of rotatable bonds is 6. The van der Waals surface area contributed by atoms with E-state index in [2.05, 4.69) is 26.9 Å². The summed E-state index contributed by atoms with van der Waals surface area (Å²) in [6.45, 7) is 6.91. The summed E-state index contributed by atoms with van der Waals surface area (Å²) in [6, 6.07) is 2.05.